The van der Waals surface area contributed by atoms with E-state index in [2.05, 4.69) is 5.32 Å². The van der Waals surface area contributed by atoms with Crippen LogP contribution < -0.4 is 5.32 Å². The third-order valence-corrected chi connectivity index (χ3v) is 2.45. The van der Waals surface area contributed by atoms with Gasteiger partial charge in [-0.3, -0.25) is 4.79 Å². The summed E-state index contributed by atoms with van der Waals surface area (Å²) in [4.78, 5) is 22.3. The van der Waals surface area contributed by atoms with Gasteiger partial charge in [-0.1, -0.05) is 6.07 Å². The van der Waals surface area contributed by atoms with Gasteiger partial charge < -0.3 is 15.5 Å². The molecule has 3 N–H and O–H groups in total. The molecular formula is C12H13F2NO4. The second-order valence-electron chi connectivity index (χ2n) is 3.85. The number of aliphatic hydroxyl groups excluding tert-OH is 1. The maximum atomic E-state index is 13.3. The first kappa shape index (κ1) is 15.0. The minimum Gasteiger partial charge on any atom is -0.480 e. The normalized spacial score (nSPS) is 11.9. The second-order valence-corrected chi connectivity index (χ2v) is 3.85. The van der Waals surface area contributed by atoms with Crippen molar-refractivity contribution >= 4 is 11.9 Å². The van der Waals surface area contributed by atoms with Crippen LogP contribution >= 0.6 is 0 Å². The van der Waals surface area contributed by atoms with Crippen LogP contribution in [0.25, 0.3) is 0 Å². The molecule has 0 saturated carbocycles. The van der Waals surface area contributed by atoms with Gasteiger partial charge in [0, 0.05) is 18.6 Å². The zero-order valence-corrected chi connectivity index (χ0v) is 9.90. The number of nitrogens with one attached hydrogen (secondary N) is 1. The highest BCUT2D eigenvalue weighted by Crippen LogP contribution is 2.12. The highest BCUT2D eigenvalue weighted by molar-refractivity contribution is 5.84. The van der Waals surface area contributed by atoms with Crippen LogP contribution in [0.5, 0.6) is 0 Å². The Morgan fingerprint density at radius 2 is 1.84 bits per heavy atom. The predicted octanol–water partition coefficient (Wildman–Crippen LogP) is 0.459. The molecule has 5 nitrogen and oxygen atoms in total. The first-order valence-electron chi connectivity index (χ1n) is 5.51. The summed E-state index contributed by atoms with van der Waals surface area (Å²) >= 11 is 0. The number of hydrogen-bond donors (Lipinski definition) is 3. The highest BCUT2D eigenvalue weighted by Gasteiger charge is 2.21. The van der Waals surface area contributed by atoms with E-state index in [4.69, 9.17) is 10.2 Å². The van der Waals surface area contributed by atoms with Gasteiger partial charge in [0.1, 0.15) is 17.7 Å². The Kier molecular flexibility index (Phi) is 5.37. The fraction of sp³-hybridized carbons (Fsp3) is 0.333. The Balaban J connectivity index is 2.72. The zero-order valence-electron chi connectivity index (χ0n) is 9.90. The largest absolute Gasteiger partial charge is 0.480 e. The molecule has 0 aliphatic rings. The Hall–Kier alpha value is -2.02. The summed E-state index contributed by atoms with van der Waals surface area (Å²) in [6, 6.07) is 1.90. The molecular weight excluding hydrogens is 260 g/mol. The van der Waals surface area contributed by atoms with E-state index < -0.39 is 48.1 Å². The van der Waals surface area contributed by atoms with Crippen LogP contribution in [0.1, 0.15) is 12.0 Å². The number of carbonyl (C=O) groups is 2. The van der Waals surface area contributed by atoms with Gasteiger partial charge in [0.15, 0.2) is 0 Å². The average molecular weight is 273 g/mol. The molecule has 0 bridgehead atoms. The van der Waals surface area contributed by atoms with Gasteiger partial charge in [-0.15, -0.1) is 0 Å². The van der Waals surface area contributed by atoms with Crippen molar-refractivity contribution in [3.05, 3.63) is 35.4 Å². The van der Waals surface area contributed by atoms with Crippen LogP contribution in [0.3, 0.4) is 0 Å². The van der Waals surface area contributed by atoms with Crippen LogP contribution in [-0.4, -0.2) is 34.7 Å². The summed E-state index contributed by atoms with van der Waals surface area (Å²) < 4.78 is 26.6. The number of amides is 1. The molecule has 7 heteroatoms. The fourth-order valence-corrected chi connectivity index (χ4v) is 1.49. The smallest absolute Gasteiger partial charge is 0.326 e. The van der Waals surface area contributed by atoms with Crippen molar-refractivity contribution in [1.82, 2.24) is 5.32 Å². The molecule has 0 radical (unpaired) electrons. The van der Waals surface area contributed by atoms with E-state index in [9.17, 15) is 18.4 Å². The Morgan fingerprint density at radius 3 is 2.32 bits per heavy atom. The third-order valence-electron chi connectivity index (χ3n) is 2.45. The number of benzene rings is 1. The lowest BCUT2D eigenvalue weighted by Gasteiger charge is -2.13. The summed E-state index contributed by atoms with van der Waals surface area (Å²) in [6.45, 7) is -0.425. The quantitative estimate of drug-likeness (QED) is 0.702. The average Bonchev–Trinajstić information content (AvgIpc) is 2.33. The van der Waals surface area contributed by atoms with Gasteiger partial charge >= 0.3 is 5.97 Å². The Bertz CT molecular complexity index is 459. The van der Waals surface area contributed by atoms with Crippen molar-refractivity contribution in [2.24, 2.45) is 0 Å². The van der Waals surface area contributed by atoms with Gasteiger partial charge in [0.2, 0.25) is 5.91 Å². The molecule has 1 rings (SSSR count). The fourth-order valence-electron chi connectivity index (χ4n) is 1.49. The maximum absolute atomic E-state index is 13.3. The van der Waals surface area contributed by atoms with Gasteiger partial charge in [-0.2, -0.15) is 0 Å². The van der Waals surface area contributed by atoms with Gasteiger partial charge in [0.05, 0.1) is 6.42 Å². The van der Waals surface area contributed by atoms with E-state index in [0.29, 0.717) is 0 Å². The summed E-state index contributed by atoms with van der Waals surface area (Å²) in [5.74, 6) is -3.89. The molecule has 0 aliphatic carbocycles. The molecule has 0 aliphatic heterocycles. The highest BCUT2D eigenvalue weighted by atomic mass is 19.1. The predicted molar refractivity (Wildman–Crippen MR) is 61.3 cm³/mol. The van der Waals surface area contributed by atoms with Crippen molar-refractivity contribution in [3.63, 3.8) is 0 Å². The van der Waals surface area contributed by atoms with Crippen molar-refractivity contribution in [2.75, 3.05) is 6.61 Å². The Morgan fingerprint density at radius 1 is 1.26 bits per heavy atom. The van der Waals surface area contributed by atoms with Crippen molar-refractivity contribution in [3.8, 4) is 0 Å². The standard InChI is InChI=1S/C12H13F2NO4/c13-8-2-1-3-9(14)7(8)6-11(17)15-10(4-5-16)12(18)19/h1-3,10,16H,4-6H2,(H,15,17)(H,18,19)/t10-/m0/s1. The molecule has 19 heavy (non-hydrogen) atoms. The third kappa shape index (κ3) is 4.29. The summed E-state index contributed by atoms with van der Waals surface area (Å²) in [5.41, 5.74) is -0.423. The number of carbonyl (C=O) groups excluding carboxylic acids is 1. The van der Waals surface area contributed by atoms with Crippen molar-refractivity contribution < 1.29 is 28.6 Å². The second kappa shape index (κ2) is 6.79. The van der Waals surface area contributed by atoms with E-state index in [1.165, 1.54) is 0 Å². The van der Waals surface area contributed by atoms with Crippen LogP contribution in [-0.2, 0) is 16.0 Å². The number of halogens is 2. The summed E-state index contributed by atoms with van der Waals surface area (Å²) in [6.07, 6.45) is -0.783. The molecule has 0 aromatic heterocycles. The van der Waals surface area contributed by atoms with E-state index in [1.54, 1.807) is 0 Å². The van der Waals surface area contributed by atoms with Gasteiger partial charge in [0.25, 0.3) is 0 Å². The SMILES string of the molecule is O=C(Cc1c(F)cccc1F)N[C@@H](CCO)C(=O)O. The lowest BCUT2D eigenvalue weighted by molar-refractivity contribution is -0.142. The van der Waals surface area contributed by atoms with Crippen LogP contribution in [0, 0.1) is 11.6 Å². The van der Waals surface area contributed by atoms with Crippen LogP contribution in [0.15, 0.2) is 18.2 Å². The molecule has 1 aromatic rings. The molecule has 0 saturated heterocycles. The Labute approximate surface area is 107 Å². The molecule has 0 spiro atoms. The summed E-state index contributed by atoms with van der Waals surface area (Å²) in [7, 11) is 0. The first-order chi connectivity index (χ1) is 8.95. The molecule has 0 heterocycles. The van der Waals surface area contributed by atoms with Crippen LogP contribution in [0.2, 0.25) is 0 Å². The number of rotatable bonds is 6. The molecule has 0 unspecified atom stereocenters. The van der Waals surface area contributed by atoms with E-state index >= 15 is 0 Å². The number of carboxylic acid groups (broad SMARTS) is 1. The minimum absolute atomic E-state index is 0.180. The van der Waals surface area contributed by atoms with E-state index in [1.807, 2.05) is 0 Å². The minimum atomic E-state index is -1.32. The topological polar surface area (TPSA) is 86.6 Å². The lowest BCUT2D eigenvalue weighted by Crippen LogP contribution is -2.42. The molecule has 1 amide bonds. The number of aliphatic hydroxyl groups is 1. The molecule has 0 fully saturated rings. The lowest BCUT2D eigenvalue weighted by atomic mass is 10.1. The number of carboxylic acids is 1. The number of aliphatic carboxylic acids is 1. The molecule has 1 aromatic carbocycles. The maximum Gasteiger partial charge on any atom is 0.326 e. The molecule has 104 valence electrons. The monoisotopic (exact) mass is 273 g/mol. The zero-order chi connectivity index (χ0) is 14.4. The van der Waals surface area contributed by atoms with Gasteiger partial charge in [-0.25, -0.2) is 13.6 Å². The van der Waals surface area contributed by atoms with E-state index in [0.717, 1.165) is 18.2 Å². The van der Waals surface area contributed by atoms with E-state index in [-0.39, 0.29) is 6.42 Å². The van der Waals surface area contributed by atoms with Gasteiger partial charge in [-0.05, 0) is 12.1 Å². The summed E-state index contributed by atoms with van der Waals surface area (Å²) in [5, 5.41) is 19.5. The molecule has 1 atom stereocenters. The number of hydrogen-bond acceptors (Lipinski definition) is 3. The van der Waals surface area contributed by atoms with Crippen molar-refractivity contribution in [1.29, 1.82) is 0 Å². The van der Waals surface area contributed by atoms with Crippen LogP contribution in [0.4, 0.5) is 8.78 Å². The first-order valence-corrected chi connectivity index (χ1v) is 5.51. The van der Waals surface area contributed by atoms with Crippen molar-refractivity contribution in [2.45, 2.75) is 18.9 Å².